The summed E-state index contributed by atoms with van der Waals surface area (Å²) in [5, 5.41) is 11.4. The molecule has 0 fully saturated rings. The lowest BCUT2D eigenvalue weighted by molar-refractivity contribution is 0.325. The number of pyridine rings is 1. The Morgan fingerprint density at radius 2 is 1.94 bits per heavy atom. The van der Waals surface area contributed by atoms with Gasteiger partial charge in [-0.25, -0.2) is 5.43 Å². The molecule has 0 spiro atoms. The predicted octanol–water partition coefficient (Wildman–Crippen LogP) is 3.64. The monoisotopic (exact) mass is 473 g/mol. The van der Waals surface area contributed by atoms with Gasteiger partial charge < -0.3 is 14.5 Å². The minimum Gasteiger partial charge on any atom is -0.494 e. The molecule has 9 nitrogen and oxygen atoms in total. The maximum absolute atomic E-state index is 5.91. The number of aryl methyl sites for hydroxylation is 1. The molecule has 0 bridgehead atoms. The highest BCUT2D eigenvalue weighted by molar-refractivity contribution is 8.00. The minimum atomic E-state index is -0.152. The van der Waals surface area contributed by atoms with Gasteiger partial charge in [0.15, 0.2) is 5.82 Å². The zero-order valence-electron chi connectivity index (χ0n) is 17.9. The van der Waals surface area contributed by atoms with Crippen molar-refractivity contribution in [2.75, 3.05) is 31.7 Å². The molecular formula is C21H24ClN7O2S. The van der Waals surface area contributed by atoms with Crippen LogP contribution in [0.2, 0.25) is 5.02 Å². The Morgan fingerprint density at radius 1 is 1.16 bits per heavy atom. The molecule has 0 radical (unpaired) electrons. The van der Waals surface area contributed by atoms with E-state index in [9.17, 15) is 0 Å². The number of hydrogen-bond acceptors (Lipinski definition) is 9. The van der Waals surface area contributed by atoms with Crippen LogP contribution in [0.1, 0.15) is 17.6 Å². The van der Waals surface area contributed by atoms with Crippen LogP contribution in [-0.4, -0.2) is 51.8 Å². The van der Waals surface area contributed by atoms with E-state index >= 15 is 0 Å². The lowest BCUT2D eigenvalue weighted by Crippen LogP contribution is -2.28. The Kier molecular flexibility index (Phi) is 7.03. The first-order chi connectivity index (χ1) is 15.6. The Labute approximate surface area is 195 Å². The second-order valence-corrected chi connectivity index (χ2v) is 8.29. The number of aromatic nitrogens is 4. The van der Waals surface area contributed by atoms with Crippen molar-refractivity contribution in [3.05, 3.63) is 65.3 Å². The lowest BCUT2D eigenvalue weighted by atomic mass is 10.2. The number of anilines is 1. The molecule has 3 aromatic rings. The van der Waals surface area contributed by atoms with E-state index in [2.05, 4.69) is 25.3 Å². The Hall–Kier alpha value is -2.95. The normalized spacial score (nSPS) is 15.2. The van der Waals surface area contributed by atoms with Crippen molar-refractivity contribution in [2.45, 2.75) is 12.5 Å². The van der Waals surface area contributed by atoms with Crippen LogP contribution in [-0.2, 0) is 6.42 Å². The van der Waals surface area contributed by atoms with Crippen LogP contribution >= 0.6 is 23.5 Å². The molecule has 11 heteroatoms. The highest BCUT2D eigenvalue weighted by Gasteiger charge is 2.27. The number of halogens is 1. The average molecular weight is 474 g/mol. The molecule has 0 aliphatic carbocycles. The molecule has 1 atom stereocenters. The standard InChI is InChI=1S/C21H24ClN7O2S/c1-28-11-9-16(26-28)20-24-25-21(27-32-12-10-15-8-7-14(22)13-23-15)29(20)19-17(30-2)5-4-6-18(19)31-3/h4-9,11,13,16,26H,10,12H2,1-3H3,(H,25,27). The van der Waals surface area contributed by atoms with Gasteiger partial charge in [0.1, 0.15) is 23.2 Å². The summed E-state index contributed by atoms with van der Waals surface area (Å²) >= 11 is 7.43. The molecule has 1 unspecified atom stereocenters. The number of nitrogens with zero attached hydrogens (tertiary/aromatic N) is 5. The van der Waals surface area contributed by atoms with Gasteiger partial charge in [-0.2, -0.15) is 0 Å². The topological polar surface area (TPSA) is 89.4 Å². The number of nitrogens with one attached hydrogen (secondary N) is 2. The Balaban J connectivity index is 1.61. The van der Waals surface area contributed by atoms with E-state index in [1.807, 2.05) is 59.2 Å². The molecule has 1 aliphatic heterocycles. The molecule has 32 heavy (non-hydrogen) atoms. The molecule has 4 rings (SSSR count). The fourth-order valence-electron chi connectivity index (χ4n) is 3.33. The fourth-order valence-corrected chi connectivity index (χ4v) is 4.11. The number of rotatable bonds is 9. The minimum absolute atomic E-state index is 0.152. The first-order valence-corrected chi connectivity index (χ1v) is 11.3. The third-order valence-corrected chi connectivity index (χ3v) is 5.81. The SMILES string of the molecule is COc1cccc(OC)c1-n1c(NSCCc2ccc(Cl)cn2)nnc1C1C=CN(C)N1. The van der Waals surface area contributed by atoms with Crippen molar-refractivity contribution in [2.24, 2.45) is 0 Å². The number of hydrogen-bond donors (Lipinski definition) is 2. The largest absolute Gasteiger partial charge is 0.494 e. The summed E-state index contributed by atoms with van der Waals surface area (Å²) < 4.78 is 16.5. The van der Waals surface area contributed by atoms with Gasteiger partial charge in [-0.15, -0.1) is 10.2 Å². The summed E-state index contributed by atoms with van der Waals surface area (Å²) in [7, 11) is 5.19. The van der Waals surface area contributed by atoms with Crippen molar-refractivity contribution in [1.82, 2.24) is 30.2 Å². The average Bonchev–Trinajstić information content (AvgIpc) is 3.43. The van der Waals surface area contributed by atoms with Crippen LogP contribution in [0.4, 0.5) is 5.95 Å². The number of ether oxygens (including phenoxy) is 2. The second-order valence-electron chi connectivity index (χ2n) is 6.96. The van der Waals surface area contributed by atoms with E-state index in [0.29, 0.717) is 28.3 Å². The van der Waals surface area contributed by atoms with Gasteiger partial charge in [0.25, 0.3) is 0 Å². The number of hydrazine groups is 1. The molecule has 0 saturated heterocycles. The Bertz CT molecular complexity index is 1070. The van der Waals surface area contributed by atoms with E-state index in [-0.39, 0.29) is 6.04 Å². The van der Waals surface area contributed by atoms with Crippen LogP contribution in [0.15, 0.2) is 48.8 Å². The van der Waals surface area contributed by atoms with Crippen molar-refractivity contribution in [3.8, 4) is 17.2 Å². The molecule has 2 aromatic heterocycles. The zero-order valence-corrected chi connectivity index (χ0v) is 19.5. The van der Waals surface area contributed by atoms with Crippen LogP contribution < -0.4 is 19.6 Å². The number of para-hydroxylation sites is 1. The van der Waals surface area contributed by atoms with Crippen LogP contribution in [0.5, 0.6) is 11.5 Å². The highest BCUT2D eigenvalue weighted by Crippen LogP contribution is 2.37. The van der Waals surface area contributed by atoms with Crippen LogP contribution in [0.25, 0.3) is 5.69 Å². The van der Waals surface area contributed by atoms with Gasteiger partial charge in [0.05, 0.1) is 19.2 Å². The van der Waals surface area contributed by atoms with E-state index < -0.39 is 0 Å². The van der Waals surface area contributed by atoms with E-state index in [1.165, 1.54) is 11.9 Å². The Morgan fingerprint density at radius 3 is 2.56 bits per heavy atom. The molecular weight excluding hydrogens is 450 g/mol. The van der Waals surface area contributed by atoms with E-state index in [1.54, 1.807) is 20.4 Å². The second kappa shape index (κ2) is 10.1. The van der Waals surface area contributed by atoms with Crippen molar-refractivity contribution in [3.63, 3.8) is 0 Å². The smallest absolute Gasteiger partial charge is 0.239 e. The maximum atomic E-state index is 5.91. The molecule has 1 aromatic carbocycles. The summed E-state index contributed by atoms with van der Waals surface area (Å²) in [6, 6.07) is 9.27. The van der Waals surface area contributed by atoms with Gasteiger partial charge in [-0.1, -0.05) is 17.7 Å². The van der Waals surface area contributed by atoms with Crippen LogP contribution in [0, 0.1) is 0 Å². The summed E-state index contributed by atoms with van der Waals surface area (Å²) in [5.74, 6) is 3.36. The third-order valence-electron chi connectivity index (χ3n) is 4.85. The van der Waals surface area contributed by atoms with Gasteiger partial charge in [0.2, 0.25) is 5.95 Å². The predicted molar refractivity (Wildman–Crippen MR) is 126 cm³/mol. The maximum Gasteiger partial charge on any atom is 0.239 e. The molecule has 168 valence electrons. The fraction of sp³-hybridized carbons (Fsp3) is 0.286. The summed E-state index contributed by atoms with van der Waals surface area (Å²) in [4.78, 5) is 4.34. The number of benzene rings is 1. The van der Waals surface area contributed by atoms with Crippen LogP contribution in [0.3, 0.4) is 0 Å². The van der Waals surface area contributed by atoms with E-state index in [0.717, 1.165) is 23.6 Å². The van der Waals surface area contributed by atoms with Gasteiger partial charge in [-0.3, -0.25) is 14.3 Å². The molecule has 0 saturated carbocycles. The summed E-state index contributed by atoms with van der Waals surface area (Å²) in [5.41, 5.74) is 5.02. The molecule has 1 aliphatic rings. The first kappa shape index (κ1) is 22.3. The lowest BCUT2D eigenvalue weighted by Gasteiger charge is -2.20. The molecule has 3 heterocycles. The van der Waals surface area contributed by atoms with E-state index in [4.69, 9.17) is 21.1 Å². The quantitative estimate of drug-likeness (QED) is 0.357. The first-order valence-electron chi connectivity index (χ1n) is 9.93. The highest BCUT2D eigenvalue weighted by atomic mass is 35.5. The zero-order chi connectivity index (χ0) is 22.5. The molecule has 0 amide bonds. The number of methoxy groups -OCH3 is 2. The summed E-state index contributed by atoms with van der Waals surface area (Å²) in [6.45, 7) is 0. The third kappa shape index (κ3) is 4.77. The van der Waals surface area contributed by atoms with Crippen molar-refractivity contribution < 1.29 is 9.47 Å². The van der Waals surface area contributed by atoms with Crippen molar-refractivity contribution in [1.29, 1.82) is 0 Å². The van der Waals surface area contributed by atoms with Gasteiger partial charge in [-0.05, 0) is 42.3 Å². The van der Waals surface area contributed by atoms with Gasteiger partial charge >= 0.3 is 0 Å². The van der Waals surface area contributed by atoms with Gasteiger partial charge in [0, 0.05) is 37.3 Å². The molecule has 2 N–H and O–H groups in total. The van der Waals surface area contributed by atoms with Crippen molar-refractivity contribution >= 4 is 29.5 Å². The summed E-state index contributed by atoms with van der Waals surface area (Å²) in [6.07, 6.45) is 6.41.